The summed E-state index contributed by atoms with van der Waals surface area (Å²) in [6.45, 7) is 10.6. The number of piperidine rings is 1. The highest BCUT2D eigenvalue weighted by Gasteiger charge is 2.38. The summed E-state index contributed by atoms with van der Waals surface area (Å²) < 4.78 is 1.06. The molecule has 0 saturated carbocycles. The summed E-state index contributed by atoms with van der Waals surface area (Å²) in [5.41, 5.74) is 5.51. The van der Waals surface area contributed by atoms with Crippen LogP contribution in [-0.4, -0.2) is 36.4 Å². The van der Waals surface area contributed by atoms with E-state index in [1.54, 1.807) is 0 Å². The highest BCUT2D eigenvalue weighted by Crippen LogP contribution is 2.26. The molecule has 0 aliphatic carbocycles. The van der Waals surface area contributed by atoms with E-state index in [1.807, 2.05) is 36.4 Å². The lowest BCUT2D eigenvalue weighted by Crippen LogP contribution is -2.58. The van der Waals surface area contributed by atoms with E-state index in [2.05, 4.69) is 38.0 Å². The molecule has 1 aliphatic rings. The highest BCUT2D eigenvalue weighted by molar-refractivity contribution is 5.88. The summed E-state index contributed by atoms with van der Waals surface area (Å²) in [6.07, 6.45) is 3.08. The minimum Gasteiger partial charge on any atom is -0.320 e. The largest absolute Gasteiger partial charge is 0.320 e. The van der Waals surface area contributed by atoms with Crippen molar-refractivity contribution in [3.8, 4) is 0 Å². The second-order valence-corrected chi connectivity index (χ2v) is 6.17. The lowest BCUT2D eigenvalue weighted by molar-refractivity contribution is -0.930. The van der Waals surface area contributed by atoms with Crippen molar-refractivity contribution in [1.82, 2.24) is 0 Å². The maximum Gasteiger partial charge on any atom is 0.0971 e. The van der Waals surface area contributed by atoms with Crippen LogP contribution < -0.4 is 5.43 Å². The number of hydrogen-bond donors (Lipinski definition) is 1. The molecule has 0 spiro atoms. The molecule has 1 aliphatic heterocycles. The Bertz CT molecular complexity index is 480. The van der Waals surface area contributed by atoms with Gasteiger partial charge in [-0.1, -0.05) is 31.7 Å². The van der Waals surface area contributed by atoms with Crippen LogP contribution in [-0.2, 0) is 0 Å². The van der Waals surface area contributed by atoms with Crippen LogP contribution in [0, 0.1) is 5.92 Å². The van der Waals surface area contributed by atoms with Crippen molar-refractivity contribution >= 4 is 11.4 Å². The number of likely N-dealkylation sites (N-methyl/N-ethyl adjacent to an activating group) is 1. The standard InChI is InChI=1S/C17H26N3/c1-5-11-20(4)13-14(2)17(12-15(20)3)19-18-16-9-7-6-8-10-16/h5-10,14-15,18H,1,11-13H2,2-4H3/q+1. The minimum atomic E-state index is 0.507. The number of quaternary nitrogens is 1. The Morgan fingerprint density at radius 2 is 2.05 bits per heavy atom. The Morgan fingerprint density at radius 3 is 2.70 bits per heavy atom. The van der Waals surface area contributed by atoms with Crippen LogP contribution >= 0.6 is 0 Å². The van der Waals surface area contributed by atoms with Crippen molar-refractivity contribution in [2.45, 2.75) is 26.3 Å². The van der Waals surface area contributed by atoms with E-state index < -0.39 is 0 Å². The maximum atomic E-state index is 4.64. The van der Waals surface area contributed by atoms with Gasteiger partial charge in [0.05, 0.1) is 37.6 Å². The second kappa shape index (κ2) is 6.23. The monoisotopic (exact) mass is 272 g/mol. The number of rotatable bonds is 4. The van der Waals surface area contributed by atoms with Crippen LogP contribution in [0.5, 0.6) is 0 Å². The molecule has 1 N–H and O–H groups in total. The molecule has 1 aromatic rings. The normalized spacial score (nSPS) is 32.0. The van der Waals surface area contributed by atoms with Crippen LogP contribution in [0.15, 0.2) is 48.1 Å². The second-order valence-electron chi connectivity index (χ2n) is 6.17. The Morgan fingerprint density at radius 1 is 1.35 bits per heavy atom. The molecule has 108 valence electrons. The molecule has 3 unspecified atom stereocenters. The first-order chi connectivity index (χ1) is 9.55. The smallest absolute Gasteiger partial charge is 0.0971 e. The summed E-state index contributed by atoms with van der Waals surface area (Å²) in [7, 11) is 2.32. The Kier molecular flexibility index (Phi) is 4.61. The number of para-hydroxylation sites is 1. The number of anilines is 1. The molecule has 0 amide bonds. The van der Waals surface area contributed by atoms with Gasteiger partial charge in [0.15, 0.2) is 0 Å². The molecule has 3 heteroatoms. The van der Waals surface area contributed by atoms with Gasteiger partial charge in [-0.25, -0.2) is 0 Å². The number of hydrazone groups is 1. The molecule has 0 radical (unpaired) electrons. The van der Waals surface area contributed by atoms with E-state index in [-0.39, 0.29) is 0 Å². The average Bonchev–Trinajstić information content (AvgIpc) is 2.43. The first kappa shape index (κ1) is 14.8. The number of likely N-dealkylation sites (tertiary alicyclic amines) is 1. The zero-order valence-electron chi connectivity index (χ0n) is 12.8. The van der Waals surface area contributed by atoms with Gasteiger partial charge >= 0.3 is 0 Å². The minimum absolute atomic E-state index is 0.507. The zero-order chi connectivity index (χ0) is 14.6. The van der Waals surface area contributed by atoms with Crippen molar-refractivity contribution in [3.63, 3.8) is 0 Å². The van der Waals surface area contributed by atoms with E-state index >= 15 is 0 Å². The predicted octanol–water partition coefficient (Wildman–Crippen LogP) is 3.52. The molecule has 3 nitrogen and oxygen atoms in total. The third-order valence-electron chi connectivity index (χ3n) is 4.48. The summed E-state index contributed by atoms with van der Waals surface area (Å²) >= 11 is 0. The number of hydrogen-bond acceptors (Lipinski definition) is 2. The summed E-state index contributed by atoms with van der Waals surface area (Å²) in [5, 5.41) is 4.64. The molecule has 2 rings (SSSR count). The lowest BCUT2D eigenvalue weighted by atomic mass is 9.90. The number of nitrogens with zero attached hydrogens (tertiary/aromatic N) is 2. The van der Waals surface area contributed by atoms with Crippen molar-refractivity contribution in [2.24, 2.45) is 11.0 Å². The van der Waals surface area contributed by atoms with E-state index in [0.717, 1.165) is 29.7 Å². The molecule has 20 heavy (non-hydrogen) atoms. The van der Waals surface area contributed by atoms with Gasteiger partial charge in [0.1, 0.15) is 0 Å². The van der Waals surface area contributed by atoms with Gasteiger partial charge in [0.2, 0.25) is 0 Å². The Hall–Kier alpha value is -1.61. The summed E-state index contributed by atoms with van der Waals surface area (Å²) in [4.78, 5) is 0. The molecule has 0 aromatic heterocycles. The molecule has 0 bridgehead atoms. The molecule has 1 fully saturated rings. The lowest BCUT2D eigenvalue weighted by Gasteiger charge is -2.45. The van der Waals surface area contributed by atoms with Crippen molar-refractivity contribution in [1.29, 1.82) is 0 Å². The molecular formula is C17H26N3+. The van der Waals surface area contributed by atoms with E-state index in [1.165, 1.54) is 5.71 Å². The Balaban J connectivity index is 2.06. The molecule has 1 aromatic carbocycles. The molecular weight excluding hydrogens is 246 g/mol. The fourth-order valence-corrected chi connectivity index (χ4v) is 2.99. The molecule has 1 saturated heterocycles. The maximum absolute atomic E-state index is 4.64. The van der Waals surface area contributed by atoms with Crippen LogP contribution in [0.1, 0.15) is 20.3 Å². The van der Waals surface area contributed by atoms with Crippen molar-refractivity contribution in [2.75, 3.05) is 25.6 Å². The zero-order valence-corrected chi connectivity index (χ0v) is 12.8. The number of nitrogens with one attached hydrogen (secondary N) is 1. The summed E-state index contributed by atoms with van der Waals surface area (Å²) in [6, 6.07) is 10.7. The molecule has 1 heterocycles. The van der Waals surface area contributed by atoms with Crippen molar-refractivity contribution < 1.29 is 4.48 Å². The first-order valence-electron chi connectivity index (χ1n) is 7.38. The first-order valence-corrected chi connectivity index (χ1v) is 7.38. The van der Waals surface area contributed by atoms with E-state index in [4.69, 9.17) is 0 Å². The average molecular weight is 272 g/mol. The van der Waals surface area contributed by atoms with Crippen LogP contribution in [0.4, 0.5) is 5.69 Å². The van der Waals surface area contributed by atoms with Gasteiger partial charge in [0, 0.05) is 12.3 Å². The highest BCUT2D eigenvalue weighted by atomic mass is 15.4. The SMILES string of the molecule is C=CC[N+]1(C)CC(C)C(=NNc2ccccc2)CC1C. The van der Waals surface area contributed by atoms with Crippen LogP contribution in [0.2, 0.25) is 0 Å². The van der Waals surface area contributed by atoms with Gasteiger partial charge in [0.25, 0.3) is 0 Å². The molecule has 3 atom stereocenters. The Labute approximate surface area is 122 Å². The number of benzene rings is 1. The van der Waals surface area contributed by atoms with E-state index in [9.17, 15) is 0 Å². The summed E-state index contributed by atoms with van der Waals surface area (Å²) in [5.74, 6) is 0.507. The fourth-order valence-electron chi connectivity index (χ4n) is 2.99. The van der Waals surface area contributed by atoms with Crippen LogP contribution in [0.25, 0.3) is 0 Å². The van der Waals surface area contributed by atoms with Crippen LogP contribution in [0.3, 0.4) is 0 Å². The van der Waals surface area contributed by atoms with Gasteiger partial charge in [-0.05, 0) is 25.1 Å². The predicted molar refractivity (Wildman–Crippen MR) is 86.9 cm³/mol. The third-order valence-corrected chi connectivity index (χ3v) is 4.48. The topological polar surface area (TPSA) is 24.4 Å². The van der Waals surface area contributed by atoms with Crippen molar-refractivity contribution in [3.05, 3.63) is 43.0 Å². The van der Waals surface area contributed by atoms with Gasteiger partial charge in [-0.3, -0.25) is 5.43 Å². The van der Waals surface area contributed by atoms with Gasteiger partial charge in [-0.15, -0.1) is 0 Å². The third kappa shape index (κ3) is 3.28. The van der Waals surface area contributed by atoms with Gasteiger partial charge in [-0.2, -0.15) is 5.10 Å². The quantitative estimate of drug-likeness (QED) is 0.506. The van der Waals surface area contributed by atoms with E-state index in [0.29, 0.717) is 12.0 Å². The fraction of sp³-hybridized carbons (Fsp3) is 0.471. The van der Waals surface area contributed by atoms with Gasteiger partial charge < -0.3 is 4.48 Å².